The highest BCUT2D eigenvalue weighted by Gasteiger charge is 2.04. The third kappa shape index (κ3) is 2.70. The second-order valence-corrected chi connectivity index (χ2v) is 6.63. The molecule has 0 spiro atoms. The van der Waals surface area contributed by atoms with Gasteiger partial charge in [0, 0.05) is 23.0 Å². The van der Waals surface area contributed by atoms with Gasteiger partial charge < -0.3 is 4.40 Å². The maximum absolute atomic E-state index is 6.00. The molecule has 0 aliphatic carbocycles. The Kier molecular flexibility index (Phi) is 3.53. The molecule has 0 fully saturated rings. The Morgan fingerprint density at radius 1 is 0.955 bits per heavy atom. The predicted molar refractivity (Wildman–Crippen MR) is 93.7 cm³/mol. The molecule has 0 unspecified atom stereocenters. The number of thioether (sulfide) groups is 1. The molecule has 0 amide bonds. The van der Waals surface area contributed by atoms with Gasteiger partial charge in [0.1, 0.15) is 5.65 Å². The van der Waals surface area contributed by atoms with Gasteiger partial charge >= 0.3 is 0 Å². The number of nitrogens with zero attached hydrogens (tertiary/aromatic N) is 2. The van der Waals surface area contributed by atoms with Gasteiger partial charge in [-0.15, -0.1) is 11.8 Å². The van der Waals surface area contributed by atoms with Crippen molar-refractivity contribution in [2.45, 2.75) is 10.6 Å². The van der Waals surface area contributed by atoms with E-state index in [0.717, 1.165) is 22.1 Å². The monoisotopic (exact) mass is 324 g/mol. The van der Waals surface area contributed by atoms with Crippen molar-refractivity contribution < 1.29 is 0 Å². The summed E-state index contributed by atoms with van der Waals surface area (Å²) in [5.74, 6) is 0.845. The number of halogens is 1. The Labute approximate surface area is 137 Å². The van der Waals surface area contributed by atoms with E-state index in [1.807, 2.05) is 28.9 Å². The van der Waals surface area contributed by atoms with E-state index in [4.69, 9.17) is 11.6 Å². The molecule has 2 nitrogen and oxygen atoms in total. The molecular formula is C18H13ClN2S. The zero-order valence-corrected chi connectivity index (χ0v) is 13.3. The van der Waals surface area contributed by atoms with Gasteiger partial charge in [0.05, 0.1) is 10.7 Å². The van der Waals surface area contributed by atoms with Gasteiger partial charge in [-0.05, 0) is 35.0 Å². The van der Waals surface area contributed by atoms with Crippen molar-refractivity contribution in [1.29, 1.82) is 0 Å². The molecule has 4 rings (SSSR count). The van der Waals surface area contributed by atoms with Crippen molar-refractivity contribution in [1.82, 2.24) is 9.38 Å². The first-order valence-corrected chi connectivity index (χ1v) is 8.39. The van der Waals surface area contributed by atoms with Crippen LogP contribution in [0, 0.1) is 0 Å². The highest BCUT2D eigenvalue weighted by Crippen LogP contribution is 2.26. The lowest BCUT2D eigenvalue weighted by atomic mass is 10.1. The number of hydrogen-bond donors (Lipinski definition) is 0. The fourth-order valence-corrected chi connectivity index (χ4v) is 3.50. The molecule has 22 heavy (non-hydrogen) atoms. The van der Waals surface area contributed by atoms with Gasteiger partial charge in [-0.25, -0.2) is 4.98 Å². The van der Waals surface area contributed by atoms with Crippen LogP contribution in [0.1, 0.15) is 5.69 Å². The summed E-state index contributed by atoms with van der Waals surface area (Å²) in [7, 11) is 0. The first kappa shape index (κ1) is 13.7. The lowest BCUT2D eigenvalue weighted by molar-refractivity contribution is 1.18. The van der Waals surface area contributed by atoms with Gasteiger partial charge in [-0.1, -0.05) is 41.9 Å². The van der Waals surface area contributed by atoms with Gasteiger partial charge in [-0.2, -0.15) is 0 Å². The Morgan fingerprint density at radius 3 is 2.73 bits per heavy atom. The summed E-state index contributed by atoms with van der Waals surface area (Å²) in [5.41, 5.74) is 1.99. The molecule has 0 radical (unpaired) electrons. The van der Waals surface area contributed by atoms with E-state index in [1.165, 1.54) is 15.7 Å². The first-order valence-electron chi connectivity index (χ1n) is 7.03. The van der Waals surface area contributed by atoms with E-state index in [1.54, 1.807) is 11.8 Å². The van der Waals surface area contributed by atoms with Crippen LogP contribution in [0.4, 0.5) is 0 Å². The van der Waals surface area contributed by atoms with Crippen molar-refractivity contribution in [3.63, 3.8) is 0 Å². The number of hydrogen-bond acceptors (Lipinski definition) is 2. The summed E-state index contributed by atoms with van der Waals surface area (Å²) in [6, 6.07) is 18.8. The first-order chi connectivity index (χ1) is 10.8. The summed E-state index contributed by atoms with van der Waals surface area (Å²) >= 11 is 7.80. The number of rotatable bonds is 3. The smallest absolute Gasteiger partial charge is 0.137 e. The SMILES string of the molecule is Clc1ccc2nc(CSc3ccc4ccccc4c3)cn2c1. The van der Waals surface area contributed by atoms with Gasteiger partial charge in [0.2, 0.25) is 0 Å². The molecule has 0 saturated carbocycles. The summed E-state index contributed by atoms with van der Waals surface area (Å²) in [6.45, 7) is 0. The lowest BCUT2D eigenvalue weighted by Crippen LogP contribution is -1.80. The van der Waals surface area contributed by atoms with Gasteiger partial charge in [0.15, 0.2) is 0 Å². The highest BCUT2D eigenvalue weighted by molar-refractivity contribution is 7.98. The van der Waals surface area contributed by atoms with Crippen LogP contribution < -0.4 is 0 Å². The minimum atomic E-state index is 0.721. The number of aromatic nitrogens is 2. The topological polar surface area (TPSA) is 17.3 Å². The van der Waals surface area contributed by atoms with Gasteiger partial charge in [0.25, 0.3) is 0 Å². The van der Waals surface area contributed by atoms with Crippen molar-refractivity contribution >= 4 is 39.8 Å². The van der Waals surface area contributed by atoms with Crippen molar-refractivity contribution in [2.75, 3.05) is 0 Å². The molecule has 0 N–H and O–H groups in total. The number of benzene rings is 2. The standard InChI is InChI=1S/C18H13ClN2S/c19-15-6-8-18-20-16(11-21(18)10-15)12-22-17-7-5-13-3-1-2-4-14(13)9-17/h1-11H,12H2. The van der Waals surface area contributed by atoms with Crippen molar-refractivity contribution in [3.8, 4) is 0 Å². The van der Waals surface area contributed by atoms with Crippen LogP contribution in [0.3, 0.4) is 0 Å². The maximum Gasteiger partial charge on any atom is 0.137 e. The second-order valence-electron chi connectivity index (χ2n) is 5.14. The summed E-state index contributed by atoms with van der Waals surface area (Å²) in [6.07, 6.45) is 3.92. The molecule has 0 bridgehead atoms. The third-order valence-electron chi connectivity index (χ3n) is 3.57. The van der Waals surface area contributed by atoms with E-state index < -0.39 is 0 Å². The molecule has 0 aliphatic rings. The van der Waals surface area contributed by atoms with E-state index in [9.17, 15) is 0 Å². The Hall–Kier alpha value is -1.97. The molecule has 2 aromatic heterocycles. The largest absolute Gasteiger partial charge is 0.305 e. The fourth-order valence-electron chi connectivity index (χ4n) is 2.50. The second kappa shape index (κ2) is 5.67. The van der Waals surface area contributed by atoms with Crippen LogP contribution in [0.25, 0.3) is 16.4 Å². The molecule has 4 heteroatoms. The number of fused-ring (bicyclic) bond motifs is 2. The normalized spacial score (nSPS) is 11.3. The lowest BCUT2D eigenvalue weighted by Gasteiger charge is -2.02. The summed E-state index contributed by atoms with van der Waals surface area (Å²) in [5, 5.41) is 3.27. The molecular weight excluding hydrogens is 312 g/mol. The highest BCUT2D eigenvalue weighted by atomic mass is 35.5. The number of imidazole rings is 1. The minimum absolute atomic E-state index is 0.721. The maximum atomic E-state index is 6.00. The van der Waals surface area contributed by atoms with Crippen molar-refractivity contribution in [3.05, 3.63) is 77.7 Å². The minimum Gasteiger partial charge on any atom is -0.305 e. The molecule has 108 valence electrons. The predicted octanol–water partition coefficient (Wildman–Crippen LogP) is 5.43. The zero-order valence-electron chi connectivity index (χ0n) is 11.7. The third-order valence-corrected chi connectivity index (χ3v) is 4.82. The van der Waals surface area contributed by atoms with Crippen LogP contribution in [0.5, 0.6) is 0 Å². The van der Waals surface area contributed by atoms with Crippen LogP contribution in [0.2, 0.25) is 5.02 Å². The van der Waals surface area contributed by atoms with Crippen molar-refractivity contribution in [2.24, 2.45) is 0 Å². The van der Waals surface area contributed by atoms with Crippen LogP contribution in [-0.2, 0) is 5.75 Å². The molecule has 0 saturated heterocycles. The quantitative estimate of drug-likeness (QED) is 0.467. The van der Waals surface area contributed by atoms with Crippen LogP contribution in [-0.4, -0.2) is 9.38 Å². The average Bonchev–Trinajstić information content (AvgIpc) is 2.94. The van der Waals surface area contributed by atoms with Crippen LogP contribution >= 0.6 is 23.4 Å². The Morgan fingerprint density at radius 2 is 1.82 bits per heavy atom. The van der Waals surface area contributed by atoms with Gasteiger partial charge in [-0.3, -0.25) is 0 Å². The Balaban J connectivity index is 1.56. The average molecular weight is 325 g/mol. The molecule has 4 aromatic rings. The van der Waals surface area contributed by atoms with E-state index in [-0.39, 0.29) is 0 Å². The number of pyridine rings is 1. The van der Waals surface area contributed by atoms with E-state index >= 15 is 0 Å². The summed E-state index contributed by atoms with van der Waals surface area (Å²) < 4.78 is 1.97. The van der Waals surface area contributed by atoms with Crippen LogP contribution in [0.15, 0.2) is 71.9 Å². The molecule has 2 heterocycles. The Bertz CT molecular complexity index is 962. The zero-order chi connectivity index (χ0) is 14.9. The van der Waals surface area contributed by atoms with E-state index in [0.29, 0.717) is 0 Å². The molecule has 0 atom stereocenters. The fraction of sp³-hybridized carbons (Fsp3) is 0.0556. The summed E-state index contributed by atoms with van der Waals surface area (Å²) in [4.78, 5) is 5.87. The van der Waals surface area contributed by atoms with E-state index in [2.05, 4.69) is 47.4 Å². The molecule has 2 aromatic carbocycles. The molecule has 0 aliphatic heterocycles.